The lowest BCUT2D eigenvalue weighted by Gasteiger charge is -2.21. The standard InChI is InChI=1S/C23H23F2N3O3S/c1-12(2)19(26-21(29)18-16(24)6-5-7-17(18)25)22(30)28-23-27-20(13(3)32-23)14-8-10-15(31-4)11-9-14/h5-12,19H,1-4H3,(H,26,29)(H,27,28,30). The molecule has 0 aliphatic rings. The highest BCUT2D eigenvalue weighted by Crippen LogP contribution is 2.31. The maximum absolute atomic E-state index is 13.9. The number of anilines is 1. The van der Waals surface area contributed by atoms with Gasteiger partial charge in [0.05, 0.1) is 12.8 Å². The molecule has 0 saturated heterocycles. The topological polar surface area (TPSA) is 80.3 Å². The van der Waals surface area contributed by atoms with Gasteiger partial charge in [-0.15, -0.1) is 11.3 Å². The summed E-state index contributed by atoms with van der Waals surface area (Å²) in [5.74, 6) is -3.13. The summed E-state index contributed by atoms with van der Waals surface area (Å²) in [5, 5.41) is 5.49. The lowest BCUT2D eigenvalue weighted by molar-refractivity contribution is -0.118. The van der Waals surface area contributed by atoms with Crippen molar-refractivity contribution in [3.05, 3.63) is 64.5 Å². The fraction of sp³-hybridized carbons (Fsp3) is 0.261. The number of carbonyl (C=O) groups excluding carboxylic acids is 2. The van der Waals surface area contributed by atoms with Crippen molar-refractivity contribution in [3.8, 4) is 17.0 Å². The maximum Gasteiger partial charge on any atom is 0.257 e. The molecule has 2 aromatic carbocycles. The Morgan fingerprint density at radius 1 is 1.06 bits per heavy atom. The number of carbonyl (C=O) groups is 2. The minimum Gasteiger partial charge on any atom is -0.497 e. The normalized spacial score (nSPS) is 11.8. The van der Waals surface area contributed by atoms with E-state index in [9.17, 15) is 18.4 Å². The lowest BCUT2D eigenvalue weighted by atomic mass is 10.0. The first-order valence-corrected chi connectivity index (χ1v) is 10.7. The van der Waals surface area contributed by atoms with Crippen LogP contribution in [0.2, 0.25) is 0 Å². The van der Waals surface area contributed by atoms with E-state index >= 15 is 0 Å². The molecule has 0 aliphatic heterocycles. The molecule has 3 aromatic rings. The van der Waals surface area contributed by atoms with E-state index in [0.717, 1.165) is 28.3 Å². The van der Waals surface area contributed by atoms with Crippen molar-refractivity contribution in [2.75, 3.05) is 12.4 Å². The highest BCUT2D eigenvalue weighted by Gasteiger charge is 2.28. The summed E-state index contributed by atoms with van der Waals surface area (Å²) in [7, 11) is 1.58. The van der Waals surface area contributed by atoms with Crippen molar-refractivity contribution in [1.29, 1.82) is 0 Å². The third-order valence-corrected chi connectivity index (χ3v) is 5.70. The lowest BCUT2D eigenvalue weighted by Crippen LogP contribution is -2.47. The van der Waals surface area contributed by atoms with E-state index < -0.39 is 35.1 Å². The van der Waals surface area contributed by atoms with Gasteiger partial charge in [-0.05, 0) is 49.2 Å². The maximum atomic E-state index is 13.9. The fourth-order valence-corrected chi connectivity index (χ4v) is 3.95. The number of nitrogens with one attached hydrogen (secondary N) is 2. The Labute approximate surface area is 188 Å². The molecule has 1 unspecified atom stereocenters. The molecule has 0 saturated carbocycles. The Morgan fingerprint density at radius 3 is 2.25 bits per heavy atom. The van der Waals surface area contributed by atoms with Crippen LogP contribution in [0, 0.1) is 24.5 Å². The Hall–Kier alpha value is -3.33. The van der Waals surface area contributed by atoms with Gasteiger partial charge < -0.3 is 15.4 Å². The molecule has 32 heavy (non-hydrogen) atoms. The van der Waals surface area contributed by atoms with Crippen molar-refractivity contribution in [2.45, 2.75) is 26.8 Å². The highest BCUT2D eigenvalue weighted by molar-refractivity contribution is 7.16. The van der Waals surface area contributed by atoms with Gasteiger partial charge in [0.1, 0.15) is 29.0 Å². The molecule has 3 rings (SSSR count). The largest absolute Gasteiger partial charge is 0.497 e. The molecule has 168 valence electrons. The molecule has 1 atom stereocenters. The first-order valence-electron chi connectivity index (χ1n) is 9.88. The fourth-order valence-electron chi connectivity index (χ4n) is 3.11. The SMILES string of the molecule is COc1ccc(-c2nc(NC(=O)C(NC(=O)c3c(F)cccc3F)C(C)C)sc2C)cc1. The van der Waals surface area contributed by atoms with Crippen molar-refractivity contribution in [2.24, 2.45) is 5.92 Å². The number of methoxy groups -OCH3 is 1. The van der Waals surface area contributed by atoms with Crippen LogP contribution in [0.1, 0.15) is 29.1 Å². The van der Waals surface area contributed by atoms with E-state index in [1.54, 1.807) is 21.0 Å². The number of rotatable bonds is 7. The summed E-state index contributed by atoms with van der Waals surface area (Å²) in [5.41, 5.74) is 0.855. The van der Waals surface area contributed by atoms with Crippen molar-refractivity contribution in [1.82, 2.24) is 10.3 Å². The van der Waals surface area contributed by atoms with Crippen LogP contribution >= 0.6 is 11.3 Å². The van der Waals surface area contributed by atoms with Gasteiger partial charge >= 0.3 is 0 Å². The number of aryl methyl sites for hydroxylation is 1. The number of amides is 2. The summed E-state index contributed by atoms with van der Waals surface area (Å²) in [4.78, 5) is 30.7. The molecule has 0 bridgehead atoms. The van der Waals surface area contributed by atoms with E-state index in [1.165, 1.54) is 17.4 Å². The van der Waals surface area contributed by atoms with Gasteiger partial charge in [0.25, 0.3) is 5.91 Å². The van der Waals surface area contributed by atoms with Gasteiger partial charge in [0, 0.05) is 10.4 Å². The quantitative estimate of drug-likeness (QED) is 0.532. The zero-order valence-corrected chi connectivity index (χ0v) is 18.8. The smallest absolute Gasteiger partial charge is 0.257 e. The number of benzene rings is 2. The third-order valence-electron chi connectivity index (χ3n) is 4.82. The average Bonchev–Trinajstić information content (AvgIpc) is 3.11. The van der Waals surface area contributed by atoms with Gasteiger partial charge in [0.15, 0.2) is 5.13 Å². The van der Waals surface area contributed by atoms with Crippen LogP contribution in [0.15, 0.2) is 42.5 Å². The molecule has 1 aromatic heterocycles. The van der Waals surface area contributed by atoms with Crippen LogP contribution < -0.4 is 15.4 Å². The third kappa shape index (κ3) is 5.11. The zero-order valence-electron chi connectivity index (χ0n) is 18.0. The Morgan fingerprint density at radius 2 is 1.69 bits per heavy atom. The number of hydrogen-bond donors (Lipinski definition) is 2. The van der Waals surface area contributed by atoms with Crippen LogP contribution in [0.25, 0.3) is 11.3 Å². The Bertz CT molecular complexity index is 1110. The Balaban J connectivity index is 1.77. The summed E-state index contributed by atoms with van der Waals surface area (Å²) >= 11 is 1.29. The number of ether oxygens (including phenoxy) is 1. The molecule has 2 amide bonds. The molecule has 0 fully saturated rings. The predicted octanol–water partition coefficient (Wildman–Crippen LogP) is 4.80. The van der Waals surface area contributed by atoms with E-state index in [0.29, 0.717) is 10.8 Å². The monoisotopic (exact) mass is 459 g/mol. The van der Waals surface area contributed by atoms with Gasteiger partial charge in [-0.25, -0.2) is 13.8 Å². The zero-order chi connectivity index (χ0) is 23.4. The summed E-state index contributed by atoms with van der Waals surface area (Å²) in [6, 6.07) is 9.49. The number of thiazole rings is 1. The number of hydrogen-bond acceptors (Lipinski definition) is 5. The second kappa shape index (κ2) is 9.86. The number of nitrogens with zero attached hydrogens (tertiary/aromatic N) is 1. The molecule has 0 aliphatic carbocycles. The molecule has 2 N–H and O–H groups in total. The van der Waals surface area contributed by atoms with Crippen LogP contribution in [-0.4, -0.2) is 29.9 Å². The van der Waals surface area contributed by atoms with Gasteiger partial charge in [0.2, 0.25) is 5.91 Å². The van der Waals surface area contributed by atoms with E-state index in [4.69, 9.17) is 4.74 Å². The molecule has 9 heteroatoms. The van der Waals surface area contributed by atoms with E-state index in [1.807, 2.05) is 31.2 Å². The second-order valence-corrected chi connectivity index (χ2v) is 8.64. The minimum atomic E-state index is -1.02. The van der Waals surface area contributed by atoms with Gasteiger partial charge in [-0.2, -0.15) is 0 Å². The molecule has 0 radical (unpaired) electrons. The summed E-state index contributed by atoms with van der Waals surface area (Å²) in [6.07, 6.45) is 0. The van der Waals surface area contributed by atoms with Crippen LogP contribution in [0.4, 0.5) is 13.9 Å². The number of aromatic nitrogens is 1. The molecular weight excluding hydrogens is 436 g/mol. The molecule has 6 nitrogen and oxygen atoms in total. The number of halogens is 2. The summed E-state index contributed by atoms with van der Waals surface area (Å²) in [6.45, 7) is 5.33. The average molecular weight is 460 g/mol. The molecule has 0 spiro atoms. The predicted molar refractivity (Wildman–Crippen MR) is 120 cm³/mol. The van der Waals surface area contributed by atoms with E-state index in [-0.39, 0.29) is 5.92 Å². The first-order chi connectivity index (χ1) is 15.2. The van der Waals surface area contributed by atoms with Crippen LogP contribution in [0.3, 0.4) is 0 Å². The van der Waals surface area contributed by atoms with Gasteiger partial charge in [-0.3, -0.25) is 9.59 Å². The van der Waals surface area contributed by atoms with Crippen molar-refractivity contribution < 1.29 is 23.1 Å². The first kappa shape index (κ1) is 23.3. The van der Waals surface area contributed by atoms with Crippen molar-refractivity contribution in [3.63, 3.8) is 0 Å². The molecular formula is C23H23F2N3O3S. The van der Waals surface area contributed by atoms with Gasteiger partial charge in [-0.1, -0.05) is 19.9 Å². The Kier molecular flexibility index (Phi) is 7.19. The highest BCUT2D eigenvalue weighted by atomic mass is 32.1. The van der Waals surface area contributed by atoms with E-state index in [2.05, 4.69) is 15.6 Å². The second-order valence-electron chi connectivity index (χ2n) is 7.43. The van der Waals surface area contributed by atoms with Crippen molar-refractivity contribution >= 4 is 28.3 Å². The minimum absolute atomic E-state index is 0.337. The van der Waals surface area contributed by atoms with Crippen LogP contribution in [0.5, 0.6) is 5.75 Å². The molecule has 1 heterocycles. The van der Waals surface area contributed by atoms with Crippen LogP contribution in [-0.2, 0) is 4.79 Å². The summed E-state index contributed by atoms with van der Waals surface area (Å²) < 4.78 is 33.0.